The molecule has 1 aliphatic heterocycles. The van der Waals surface area contributed by atoms with Gasteiger partial charge in [-0.3, -0.25) is 9.59 Å². The summed E-state index contributed by atoms with van der Waals surface area (Å²) in [6, 6.07) is 8.14. The molecule has 172 valence electrons. The molecule has 0 unspecified atom stereocenters. The van der Waals surface area contributed by atoms with Crippen molar-refractivity contribution in [2.75, 3.05) is 19.7 Å². The van der Waals surface area contributed by atoms with Crippen molar-refractivity contribution in [2.24, 2.45) is 5.92 Å². The lowest BCUT2D eigenvalue weighted by atomic mass is 9.99. The summed E-state index contributed by atoms with van der Waals surface area (Å²) in [4.78, 5) is 31.5. The van der Waals surface area contributed by atoms with E-state index in [1.807, 2.05) is 44.7 Å². The van der Waals surface area contributed by atoms with Crippen LogP contribution in [0.3, 0.4) is 0 Å². The average Bonchev–Trinajstić information content (AvgIpc) is 3.46. The van der Waals surface area contributed by atoms with Crippen molar-refractivity contribution in [3.63, 3.8) is 0 Å². The molecule has 1 saturated carbocycles. The Morgan fingerprint density at radius 2 is 1.94 bits per heavy atom. The zero-order valence-electron chi connectivity index (χ0n) is 19.8. The summed E-state index contributed by atoms with van der Waals surface area (Å²) >= 11 is 1.75. The molecule has 5 nitrogen and oxygen atoms in total. The van der Waals surface area contributed by atoms with Gasteiger partial charge >= 0.3 is 0 Å². The summed E-state index contributed by atoms with van der Waals surface area (Å²) in [6.07, 6.45) is 2.73. The first-order valence-electron chi connectivity index (χ1n) is 11.5. The minimum absolute atomic E-state index is 0.00000283. The van der Waals surface area contributed by atoms with Gasteiger partial charge in [-0.05, 0) is 82.5 Å². The number of aryl methyl sites for hydroxylation is 2. The van der Waals surface area contributed by atoms with E-state index in [4.69, 9.17) is 4.74 Å². The summed E-state index contributed by atoms with van der Waals surface area (Å²) in [7, 11) is 0. The Labute approximate surface area is 195 Å². The third kappa shape index (κ3) is 4.85. The molecule has 0 saturated heterocycles. The van der Waals surface area contributed by atoms with Crippen LogP contribution in [0.1, 0.15) is 61.2 Å². The molecule has 4 rings (SSSR count). The number of nitrogens with zero attached hydrogens (tertiary/aromatic N) is 2. The number of carbonyl (C=O) groups is 2. The van der Waals surface area contributed by atoms with Crippen molar-refractivity contribution in [1.82, 2.24) is 9.80 Å². The van der Waals surface area contributed by atoms with E-state index in [0.717, 1.165) is 30.6 Å². The topological polar surface area (TPSA) is 49.9 Å². The zero-order chi connectivity index (χ0) is 23.0. The third-order valence-electron chi connectivity index (χ3n) is 6.44. The van der Waals surface area contributed by atoms with Crippen LogP contribution in [0.25, 0.3) is 0 Å². The number of amides is 2. The van der Waals surface area contributed by atoms with Crippen LogP contribution in [-0.4, -0.2) is 46.8 Å². The number of thiophene rings is 1. The molecule has 1 aromatic carbocycles. The normalized spacial score (nSPS) is 18.3. The van der Waals surface area contributed by atoms with E-state index >= 15 is 0 Å². The first-order chi connectivity index (χ1) is 15.1. The molecule has 1 fully saturated rings. The molecule has 2 heterocycles. The molecule has 0 radical (unpaired) electrons. The minimum Gasteiger partial charge on any atom is -0.491 e. The second-order valence-electron chi connectivity index (χ2n) is 10.1. The van der Waals surface area contributed by atoms with E-state index in [0.29, 0.717) is 13.2 Å². The first kappa shape index (κ1) is 22.8. The molecule has 2 amide bonds. The van der Waals surface area contributed by atoms with E-state index in [1.54, 1.807) is 16.2 Å². The predicted molar refractivity (Wildman–Crippen MR) is 128 cm³/mol. The molecule has 0 spiro atoms. The molecule has 2 aliphatic rings. The van der Waals surface area contributed by atoms with Crippen molar-refractivity contribution in [3.8, 4) is 5.75 Å². The second-order valence-corrected chi connectivity index (χ2v) is 11.1. The second kappa shape index (κ2) is 8.89. The standard InChI is InChI=1S/C26H34N2O3S/c1-17-6-9-22(18(2)14-17)31-16-21-20-11-13-32-23(20)10-12-27(21)24(29)15-28(26(3,4)5)25(30)19-7-8-19/h6,9,11,13-14,19,21H,7-8,10,12,15-16H2,1-5H3/t21-/m1/s1. The number of carbonyl (C=O) groups excluding carboxylic acids is 2. The van der Waals surface area contributed by atoms with Gasteiger partial charge in [-0.2, -0.15) is 0 Å². The van der Waals surface area contributed by atoms with Crippen LogP contribution in [0.15, 0.2) is 29.6 Å². The lowest BCUT2D eigenvalue weighted by Crippen LogP contribution is -2.53. The van der Waals surface area contributed by atoms with Gasteiger partial charge in [-0.15, -0.1) is 11.3 Å². The van der Waals surface area contributed by atoms with Gasteiger partial charge in [0, 0.05) is 22.9 Å². The third-order valence-corrected chi connectivity index (χ3v) is 7.43. The Hall–Kier alpha value is -2.34. The van der Waals surface area contributed by atoms with Gasteiger partial charge in [0.05, 0.1) is 6.04 Å². The summed E-state index contributed by atoms with van der Waals surface area (Å²) < 4.78 is 6.24. The van der Waals surface area contributed by atoms with Crippen molar-refractivity contribution < 1.29 is 14.3 Å². The maximum atomic E-state index is 13.5. The van der Waals surface area contributed by atoms with Crippen molar-refractivity contribution in [1.29, 1.82) is 0 Å². The molecule has 1 aromatic heterocycles. The predicted octanol–water partition coefficient (Wildman–Crippen LogP) is 4.91. The molecule has 32 heavy (non-hydrogen) atoms. The van der Waals surface area contributed by atoms with Gasteiger partial charge in [-0.25, -0.2) is 0 Å². The monoisotopic (exact) mass is 454 g/mol. The smallest absolute Gasteiger partial charge is 0.242 e. The number of benzene rings is 1. The van der Waals surface area contributed by atoms with Crippen LogP contribution in [0.5, 0.6) is 5.75 Å². The van der Waals surface area contributed by atoms with E-state index in [2.05, 4.69) is 24.4 Å². The number of ether oxygens (including phenoxy) is 1. The van der Waals surface area contributed by atoms with Crippen molar-refractivity contribution >= 4 is 23.2 Å². The molecule has 0 bridgehead atoms. The molecule has 6 heteroatoms. The van der Waals surface area contributed by atoms with Gasteiger partial charge < -0.3 is 14.5 Å². The van der Waals surface area contributed by atoms with Gasteiger partial charge in [0.1, 0.15) is 18.9 Å². The summed E-state index contributed by atoms with van der Waals surface area (Å²) in [5.41, 5.74) is 3.09. The largest absolute Gasteiger partial charge is 0.491 e. The SMILES string of the molecule is Cc1ccc(OC[C@@H]2c3ccsc3CCN2C(=O)CN(C(=O)C2CC2)C(C)(C)C)c(C)c1. The minimum atomic E-state index is -0.385. The quantitative estimate of drug-likeness (QED) is 0.623. The highest BCUT2D eigenvalue weighted by molar-refractivity contribution is 7.10. The van der Waals surface area contributed by atoms with Gasteiger partial charge in [-0.1, -0.05) is 17.7 Å². The number of rotatable bonds is 6. The summed E-state index contributed by atoms with van der Waals surface area (Å²) in [5, 5.41) is 2.10. The van der Waals surface area contributed by atoms with Crippen LogP contribution in [0, 0.1) is 19.8 Å². The van der Waals surface area contributed by atoms with Gasteiger partial charge in [0.2, 0.25) is 11.8 Å². The van der Waals surface area contributed by atoms with Crippen molar-refractivity contribution in [3.05, 3.63) is 51.2 Å². The maximum Gasteiger partial charge on any atom is 0.242 e. The molecule has 2 aromatic rings. The maximum absolute atomic E-state index is 13.5. The molecular formula is C26H34N2O3S. The number of hydrogen-bond acceptors (Lipinski definition) is 4. The zero-order valence-corrected chi connectivity index (χ0v) is 20.6. The Morgan fingerprint density at radius 1 is 1.19 bits per heavy atom. The molecular weight excluding hydrogens is 420 g/mol. The van der Waals surface area contributed by atoms with Crippen LogP contribution >= 0.6 is 11.3 Å². The van der Waals surface area contributed by atoms with Crippen LogP contribution in [0.2, 0.25) is 0 Å². The molecule has 1 aliphatic carbocycles. The van der Waals surface area contributed by atoms with E-state index in [-0.39, 0.29) is 35.9 Å². The number of hydrogen-bond donors (Lipinski definition) is 0. The van der Waals surface area contributed by atoms with Crippen LogP contribution < -0.4 is 4.74 Å². The number of fused-ring (bicyclic) bond motifs is 1. The Balaban J connectivity index is 1.54. The first-order valence-corrected chi connectivity index (χ1v) is 12.4. The lowest BCUT2D eigenvalue weighted by Gasteiger charge is -2.40. The van der Waals surface area contributed by atoms with Gasteiger partial charge in [0.25, 0.3) is 0 Å². The van der Waals surface area contributed by atoms with E-state index in [9.17, 15) is 9.59 Å². The van der Waals surface area contributed by atoms with E-state index in [1.165, 1.54) is 16.0 Å². The fourth-order valence-corrected chi connectivity index (χ4v) is 5.36. The summed E-state index contributed by atoms with van der Waals surface area (Å²) in [6.45, 7) is 11.3. The molecule has 1 atom stereocenters. The van der Waals surface area contributed by atoms with Crippen LogP contribution in [-0.2, 0) is 16.0 Å². The van der Waals surface area contributed by atoms with E-state index < -0.39 is 0 Å². The fraction of sp³-hybridized carbons (Fsp3) is 0.538. The Morgan fingerprint density at radius 3 is 2.59 bits per heavy atom. The average molecular weight is 455 g/mol. The highest BCUT2D eigenvalue weighted by atomic mass is 32.1. The van der Waals surface area contributed by atoms with Gasteiger partial charge in [0.15, 0.2) is 0 Å². The Bertz CT molecular complexity index is 1000. The van der Waals surface area contributed by atoms with Crippen molar-refractivity contribution in [2.45, 2.75) is 65.5 Å². The summed E-state index contributed by atoms with van der Waals surface area (Å²) in [5.74, 6) is 1.06. The molecule has 0 N–H and O–H groups in total. The fourth-order valence-electron chi connectivity index (χ4n) is 4.43. The lowest BCUT2D eigenvalue weighted by molar-refractivity contribution is -0.147. The highest BCUT2D eigenvalue weighted by Crippen LogP contribution is 2.36. The highest BCUT2D eigenvalue weighted by Gasteiger charge is 2.40. The Kier molecular flexibility index (Phi) is 6.35. The van der Waals surface area contributed by atoms with Crippen LogP contribution in [0.4, 0.5) is 0 Å².